The Bertz CT molecular complexity index is 1130. The molecule has 0 radical (unpaired) electrons. The molecule has 3 rings (SSSR count). The van der Waals surface area contributed by atoms with Gasteiger partial charge in [-0.15, -0.1) is 11.3 Å². The van der Waals surface area contributed by atoms with Crippen molar-refractivity contribution in [3.05, 3.63) is 31.3 Å². The van der Waals surface area contributed by atoms with Gasteiger partial charge in [0.15, 0.2) is 0 Å². The van der Waals surface area contributed by atoms with E-state index in [1.807, 2.05) is 20.8 Å². The second-order valence-electron chi connectivity index (χ2n) is 8.78. The Hall–Kier alpha value is -2.24. The van der Waals surface area contributed by atoms with Crippen molar-refractivity contribution in [1.82, 2.24) is 14.6 Å². The number of hydrogen-bond donors (Lipinski definition) is 1. The summed E-state index contributed by atoms with van der Waals surface area (Å²) in [7, 11) is 0. The largest absolute Gasteiger partial charge is 0.390 e. The van der Waals surface area contributed by atoms with Crippen molar-refractivity contribution in [3.8, 4) is 0 Å². The molecule has 1 N–H and O–H groups in total. The fourth-order valence-corrected chi connectivity index (χ4v) is 4.55. The Morgan fingerprint density at radius 2 is 1.84 bits per heavy atom. The molecule has 31 heavy (non-hydrogen) atoms. The van der Waals surface area contributed by atoms with Crippen LogP contribution in [0.1, 0.15) is 56.5 Å². The molecule has 2 aromatic heterocycles. The lowest BCUT2D eigenvalue weighted by molar-refractivity contribution is -0.136. The second kappa shape index (κ2) is 7.72. The number of halogens is 5. The van der Waals surface area contributed by atoms with Crippen LogP contribution in [-0.2, 0) is 6.54 Å². The fourth-order valence-electron chi connectivity index (χ4n) is 3.36. The van der Waals surface area contributed by atoms with Crippen LogP contribution in [0.2, 0.25) is 0 Å². The normalized spacial score (nSPS) is 17.5. The molecule has 0 amide bonds. The molecule has 2 heterocycles. The van der Waals surface area contributed by atoms with Gasteiger partial charge in [0, 0.05) is 24.9 Å². The summed E-state index contributed by atoms with van der Waals surface area (Å²) in [4.78, 5) is 26.5. The molecular formula is C19H23F5N4O2S. The Kier molecular flexibility index (Phi) is 5.83. The van der Waals surface area contributed by atoms with Gasteiger partial charge in [-0.25, -0.2) is 13.6 Å². The van der Waals surface area contributed by atoms with Crippen molar-refractivity contribution >= 4 is 27.8 Å². The number of hydrazone groups is 1. The van der Waals surface area contributed by atoms with Crippen molar-refractivity contribution in [2.75, 3.05) is 0 Å². The van der Waals surface area contributed by atoms with Gasteiger partial charge in [0.2, 0.25) is 0 Å². The summed E-state index contributed by atoms with van der Waals surface area (Å²) in [6.07, 6.45) is -5.76. The van der Waals surface area contributed by atoms with Gasteiger partial charge in [-0.1, -0.05) is 0 Å². The van der Waals surface area contributed by atoms with Crippen LogP contribution >= 0.6 is 11.3 Å². The van der Waals surface area contributed by atoms with Crippen LogP contribution in [0.5, 0.6) is 0 Å². The van der Waals surface area contributed by atoms with E-state index >= 15 is 0 Å². The van der Waals surface area contributed by atoms with Crippen LogP contribution in [-0.4, -0.2) is 33.0 Å². The molecule has 0 bridgehead atoms. The summed E-state index contributed by atoms with van der Waals surface area (Å²) < 4.78 is 66.8. The van der Waals surface area contributed by atoms with Crippen LogP contribution in [0, 0.1) is 6.92 Å². The minimum atomic E-state index is -4.52. The summed E-state index contributed by atoms with van der Waals surface area (Å²) >= 11 is 0.971. The Morgan fingerprint density at radius 3 is 2.35 bits per heavy atom. The molecule has 1 aliphatic rings. The van der Waals surface area contributed by atoms with Gasteiger partial charge >= 0.3 is 11.9 Å². The standard InChI is InChI=1S/C19H23F5N4O2S/c1-10-12(9-25-26-17(2,3)4)31-15-13(10)14(29)28(11-7-18(20,21)8-11)16(30)27(15)6-5-19(22,23)24/h9,11,26H,5-8H2,1-4H3. The zero-order valence-corrected chi connectivity index (χ0v) is 18.3. The average molecular weight is 466 g/mol. The quantitative estimate of drug-likeness (QED) is 0.409. The summed E-state index contributed by atoms with van der Waals surface area (Å²) in [6.45, 7) is 6.52. The maximum absolute atomic E-state index is 13.4. The number of aromatic nitrogens is 2. The van der Waals surface area contributed by atoms with Gasteiger partial charge in [0.25, 0.3) is 11.5 Å². The number of aryl methyl sites for hydroxylation is 2. The Morgan fingerprint density at radius 1 is 1.23 bits per heavy atom. The topological polar surface area (TPSA) is 68.4 Å². The van der Waals surface area contributed by atoms with E-state index in [4.69, 9.17) is 0 Å². The number of hydrogen-bond acceptors (Lipinski definition) is 5. The van der Waals surface area contributed by atoms with Gasteiger partial charge in [-0.05, 0) is 33.3 Å². The van der Waals surface area contributed by atoms with Gasteiger partial charge in [0.1, 0.15) is 4.83 Å². The number of nitrogens with zero attached hydrogens (tertiary/aromatic N) is 3. The maximum Gasteiger partial charge on any atom is 0.390 e. The molecule has 1 aliphatic carbocycles. The lowest BCUT2D eigenvalue weighted by atomic mass is 9.88. The lowest BCUT2D eigenvalue weighted by Crippen LogP contribution is -2.49. The number of rotatable bonds is 5. The van der Waals surface area contributed by atoms with Crippen LogP contribution < -0.4 is 16.7 Å². The Labute approximate surface area is 178 Å². The molecule has 12 heteroatoms. The first-order valence-electron chi connectivity index (χ1n) is 9.63. The monoisotopic (exact) mass is 466 g/mol. The summed E-state index contributed by atoms with van der Waals surface area (Å²) in [5.41, 5.74) is 1.21. The minimum Gasteiger partial charge on any atom is -0.305 e. The van der Waals surface area contributed by atoms with Crippen LogP contribution in [0.25, 0.3) is 10.2 Å². The molecule has 1 saturated carbocycles. The number of thiophene rings is 1. The van der Waals surface area contributed by atoms with E-state index in [1.165, 1.54) is 6.21 Å². The Balaban J connectivity index is 2.17. The third kappa shape index (κ3) is 4.99. The fraction of sp³-hybridized carbons (Fsp3) is 0.632. The van der Waals surface area contributed by atoms with E-state index in [9.17, 15) is 31.5 Å². The molecule has 0 unspecified atom stereocenters. The highest BCUT2D eigenvalue weighted by atomic mass is 32.1. The highest BCUT2D eigenvalue weighted by molar-refractivity contribution is 7.20. The molecule has 1 fully saturated rings. The highest BCUT2D eigenvalue weighted by Gasteiger charge is 2.47. The predicted octanol–water partition coefficient (Wildman–Crippen LogP) is 4.18. The molecule has 0 atom stereocenters. The number of nitrogens with one attached hydrogen (secondary N) is 1. The van der Waals surface area contributed by atoms with Crippen molar-refractivity contribution in [2.24, 2.45) is 5.10 Å². The van der Waals surface area contributed by atoms with E-state index < -0.39 is 55.2 Å². The zero-order valence-electron chi connectivity index (χ0n) is 17.4. The SMILES string of the molecule is Cc1c(C=NNC(C)(C)C)sc2c1c(=O)n(C1CC(F)(F)C1)c(=O)n2CCC(F)(F)F. The summed E-state index contributed by atoms with van der Waals surface area (Å²) in [5.74, 6) is -3.00. The molecular weight excluding hydrogens is 443 g/mol. The minimum absolute atomic E-state index is 0.0548. The molecule has 172 valence electrons. The third-order valence-corrected chi connectivity index (χ3v) is 6.16. The molecule has 0 aromatic carbocycles. The molecule has 2 aromatic rings. The van der Waals surface area contributed by atoms with Crippen LogP contribution in [0.3, 0.4) is 0 Å². The number of alkyl halides is 5. The van der Waals surface area contributed by atoms with E-state index in [-0.39, 0.29) is 15.8 Å². The lowest BCUT2D eigenvalue weighted by Gasteiger charge is -2.35. The average Bonchev–Trinajstić information content (AvgIpc) is 2.88. The van der Waals surface area contributed by atoms with Crippen molar-refractivity contribution < 1.29 is 22.0 Å². The second-order valence-corrected chi connectivity index (χ2v) is 9.81. The third-order valence-electron chi connectivity index (χ3n) is 4.91. The first-order valence-corrected chi connectivity index (χ1v) is 10.4. The van der Waals surface area contributed by atoms with Crippen molar-refractivity contribution in [3.63, 3.8) is 0 Å². The maximum atomic E-state index is 13.4. The van der Waals surface area contributed by atoms with Crippen molar-refractivity contribution in [1.29, 1.82) is 0 Å². The first-order chi connectivity index (χ1) is 14.1. The van der Waals surface area contributed by atoms with E-state index in [0.717, 1.165) is 15.9 Å². The van der Waals surface area contributed by atoms with Crippen LogP contribution in [0.15, 0.2) is 14.7 Å². The highest BCUT2D eigenvalue weighted by Crippen LogP contribution is 2.44. The number of fused-ring (bicyclic) bond motifs is 1. The smallest absolute Gasteiger partial charge is 0.305 e. The molecule has 0 aliphatic heterocycles. The van der Waals surface area contributed by atoms with E-state index in [0.29, 0.717) is 15.0 Å². The predicted molar refractivity (Wildman–Crippen MR) is 109 cm³/mol. The van der Waals surface area contributed by atoms with Gasteiger partial charge in [-0.3, -0.25) is 13.9 Å². The first kappa shape index (κ1) is 23.4. The molecule has 0 saturated heterocycles. The van der Waals surface area contributed by atoms with Crippen LogP contribution in [0.4, 0.5) is 22.0 Å². The van der Waals surface area contributed by atoms with Gasteiger partial charge in [0.05, 0.1) is 28.9 Å². The van der Waals surface area contributed by atoms with Gasteiger partial charge < -0.3 is 5.43 Å². The summed E-state index contributed by atoms with van der Waals surface area (Å²) in [6, 6.07) is -1.05. The van der Waals surface area contributed by atoms with Gasteiger partial charge in [-0.2, -0.15) is 18.3 Å². The zero-order chi connectivity index (χ0) is 23.4. The molecule has 0 spiro atoms. The summed E-state index contributed by atoms with van der Waals surface area (Å²) in [5, 5.41) is 4.15. The molecule has 6 nitrogen and oxygen atoms in total. The van der Waals surface area contributed by atoms with Crippen molar-refractivity contribution in [2.45, 2.75) is 77.2 Å². The van der Waals surface area contributed by atoms with E-state index in [2.05, 4.69) is 10.5 Å². The van der Waals surface area contributed by atoms with E-state index in [1.54, 1.807) is 6.92 Å².